The van der Waals surface area contributed by atoms with Gasteiger partial charge in [0.15, 0.2) is 0 Å². The second-order valence-corrected chi connectivity index (χ2v) is 6.12. The van der Waals surface area contributed by atoms with E-state index in [0.29, 0.717) is 24.9 Å². The Morgan fingerprint density at radius 1 is 1.46 bits per heavy atom. The first-order valence-electron chi connectivity index (χ1n) is 8.17. The summed E-state index contributed by atoms with van der Waals surface area (Å²) >= 11 is 0. The average Bonchev–Trinajstić information content (AvgIpc) is 3.14. The fourth-order valence-corrected chi connectivity index (χ4v) is 3.03. The third kappa shape index (κ3) is 3.67. The summed E-state index contributed by atoms with van der Waals surface area (Å²) in [7, 11) is 1.58. The molecule has 1 fully saturated rings. The summed E-state index contributed by atoms with van der Waals surface area (Å²) in [6.07, 6.45) is 6.54. The Hall–Kier alpha value is -2.57. The van der Waals surface area contributed by atoms with Crippen LogP contribution in [0.2, 0.25) is 0 Å². The average molecular weight is 329 g/mol. The predicted octanol–water partition coefficient (Wildman–Crippen LogP) is 2.08. The minimum Gasteiger partial charge on any atom is -0.481 e. The van der Waals surface area contributed by atoms with Gasteiger partial charge in [0.25, 0.3) is 0 Å². The summed E-state index contributed by atoms with van der Waals surface area (Å²) in [4.78, 5) is 22.8. The number of methoxy groups -OCH3 is 1. The molecule has 1 aliphatic rings. The number of piperidine rings is 1. The number of nitrogens with zero attached hydrogens (tertiary/aromatic N) is 4. The molecule has 2 amide bonds. The van der Waals surface area contributed by atoms with E-state index in [0.717, 1.165) is 18.7 Å². The maximum Gasteiger partial charge on any atom is 0.317 e. The minimum atomic E-state index is -0.0587. The number of imidazole rings is 1. The topological polar surface area (TPSA) is 72.3 Å². The number of nitrogens with one attached hydrogen (secondary N) is 1. The van der Waals surface area contributed by atoms with Crippen LogP contribution in [0.4, 0.5) is 4.79 Å². The van der Waals surface area contributed by atoms with Gasteiger partial charge >= 0.3 is 6.03 Å². The maximum absolute atomic E-state index is 12.5. The number of aromatic nitrogens is 3. The lowest BCUT2D eigenvalue weighted by Gasteiger charge is -2.37. The molecule has 0 radical (unpaired) electrons. The number of urea groups is 1. The first kappa shape index (κ1) is 16.3. The maximum atomic E-state index is 12.5. The highest BCUT2D eigenvalue weighted by Crippen LogP contribution is 2.27. The zero-order valence-corrected chi connectivity index (χ0v) is 14.1. The van der Waals surface area contributed by atoms with Gasteiger partial charge in [0.2, 0.25) is 5.88 Å². The highest BCUT2D eigenvalue weighted by Gasteiger charge is 2.29. The molecule has 2 aromatic heterocycles. The fourth-order valence-electron chi connectivity index (χ4n) is 3.03. The monoisotopic (exact) mass is 329 g/mol. The highest BCUT2D eigenvalue weighted by atomic mass is 16.5. The van der Waals surface area contributed by atoms with E-state index in [1.165, 1.54) is 0 Å². The van der Waals surface area contributed by atoms with E-state index in [4.69, 9.17) is 4.74 Å². The zero-order valence-electron chi connectivity index (χ0n) is 14.1. The van der Waals surface area contributed by atoms with Crippen molar-refractivity contribution < 1.29 is 9.53 Å². The molecule has 0 aromatic carbocycles. The van der Waals surface area contributed by atoms with Gasteiger partial charge in [-0.3, -0.25) is 0 Å². The highest BCUT2D eigenvalue weighted by molar-refractivity contribution is 5.74. The van der Waals surface area contributed by atoms with Crippen LogP contribution in [-0.2, 0) is 6.54 Å². The molecule has 24 heavy (non-hydrogen) atoms. The summed E-state index contributed by atoms with van der Waals surface area (Å²) in [6.45, 7) is 4.07. The molecule has 3 rings (SSSR count). The molecule has 1 aliphatic heterocycles. The molecule has 0 unspecified atom stereocenters. The van der Waals surface area contributed by atoms with Gasteiger partial charge in [-0.1, -0.05) is 13.0 Å². The number of amides is 2. The van der Waals surface area contributed by atoms with Crippen LogP contribution >= 0.6 is 0 Å². The van der Waals surface area contributed by atoms with E-state index >= 15 is 0 Å². The largest absolute Gasteiger partial charge is 0.481 e. The van der Waals surface area contributed by atoms with Crippen LogP contribution in [0.3, 0.4) is 0 Å². The number of likely N-dealkylation sites (tertiary alicyclic amines) is 1. The molecule has 0 bridgehead atoms. The van der Waals surface area contributed by atoms with Crippen LogP contribution < -0.4 is 10.1 Å². The second-order valence-electron chi connectivity index (χ2n) is 6.12. The molecule has 128 valence electrons. The van der Waals surface area contributed by atoms with E-state index in [1.54, 1.807) is 19.4 Å². The van der Waals surface area contributed by atoms with Gasteiger partial charge in [0.1, 0.15) is 0 Å². The van der Waals surface area contributed by atoms with E-state index < -0.39 is 0 Å². The first-order valence-corrected chi connectivity index (χ1v) is 8.17. The normalized spacial score (nSPS) is 20.7. The van der Waals surface area contributed by atoms with Gasteiger partial charge in [-0.15, -0.1) is 0 Å². The van der Waals surface area contributed by atoms with Crippen LogP contribution in [0.5, 0.6) is 5.88 Å². The summed E-state index contributed by atoms with van der Waals surface area (Å²) < 4.78 is 7.19. The van der Waals surface area contributed by atoms with Crippen LogP contribution in [0.25, 0.3) is 0 Å². The third-order valence-corrected chi connectivity index (χ3v) is 4.52. The van der Waals surface area contributed by atoms with Crippen molar-refractivity contribution in [2.45, 2.75) is 25.9 Å². The van der Waals surface area contributed by atoms with E-state index in [2.05, 4.69) is 26.8 Å². The fraction of sp³-hybridized carbons (Fsp3) is 0.471. The van der Waals surface area contributed by atoms with Crippen molar-refractivity contribution in [3.05, 3.63) is 42.6 Å². The van der Waals surface area contributed by atoms with Crippen molar-refractivity contribution in [3.63, 3.8) is 0 Å². The Labute approximate surface area is 141 Å². The van der Waals surface area contributed by atoms with Gasteiger partial charge in [-0.2, -0.15) is 0 Å². The van der Waals surface area contributed by atoms with Crippen molar-refractivity contribution in [1.82, 2.24) is 24.8 Å². The lowest BCUT2D eigenvalue weighted by atomic mass is 9.93. The minimum absolute atomic E-state index is 0.0587. The number of rotatable bonds is 4. The van der Waals surface area contributed by atoms with Crippen LogP contribution in [0.1, 0.15) is 25.1 Å². The molecular formula is C17H23N5O2. The molecule has 2 atom stereocenters. The van der Waals surface area contributed by atoms with Gasteiger partial charge in [-0.05, 0) is 18.4 Å². The lowest BCUT2D eigenvalue weighted by molar-refractivity contribution is 0.139. The van der Waals surface area contributed by atoms with Crippen molar-refractivity contribution in [1.29, 1.82) is 0 Å². The van der Waals surface area contributed by atoms with Crippen molar-refractivity contribution in [2.24, 2.45) is 5.92 Å². The zero-order chi connectivity index (χ0) is 16.9. The Morgan fingerprint density at radius 2 is 2.33 bits per heavy atom. The SMILES string of the molecule is COc1cccc(CNC(=O)N2CC[C@H](C)[C@@H](n3ccnc3)C2)n1. The number of pyridine rings is 1. The standard InChI is InChI=1S/C17H23N5O2/c1-13-6-8-21(11-15(13)22-9-7-18-12-22)17(23)19-10-14-4-3-5-16(20-14)24-2/h3-5,7,9,12-13,15H,6,8,10-11H2,1-2H3,(H,19,23)/t13-,15-/m0/s1. The predicted molar refractivity (Wildman–Crippen MR) is 89.6 cm³/mol. The number of ether oxygens (including phenoxy) is 1. The molecule has 1 saturated heterocycles. The van der Waals surface area contributed by atoms with Crippen molar-refractivity contribution >= 4 is 6.03 Å². The molecule has 0 saturated carbocycles. The molecule has 3 heterocycles. The van der Waals surface area contributed by atoms with E-state index in [9.17, 15) is 4.79 Å². The van der Waals surface area contributed by atoms with Crippen LogP contribution in [-0.4, -0.2) is 45.7 Å². The van der Waals surface area contributed by atoms with Gasteiger partial charge in [-0.25, -0.2) is 14.8 Å². The quantitative estimate of drug-likeness (QED) is 0.932. The molecular weight excluding hydrogens is 306 g/mol. The molecule has 0 aliphatic carbocycles. The summed E-state index contributed by atoms with van der Waals surface area (Å²) in [5, 5.41) is 2.94. The van der Waals surface area contributed by atoms with Gasteiger partial charge < -0.3 is 19.5 Å². The van der Waals surface area contributed by atoms with Crippen LogP contribution in [0, 0.1) is 5.92 Å². The van der Waals surface area contributed by atoms with Crippen molar-refractivity contribution in [3.8, 4) is 5.88 Å². The molecule has 0 spiro atoms. The van der Waals surface area contributed by atoms with Gasteiger partial charge in [0.05, 0.1) is 31.7 Å². The number of hydrogen-bond donors (Lipinski definition) is 1. The molecule has 7 nitrogen and oxygen atoms in total. The molecule has 2 aromatic rings. The molecule has 1 N–H and O–H groups in total. The Balaban J connectivity index is 1.58. The summed E-state index contributed by atoms with van der Waals surface area (Å²) in [6, 6.07) is 5.73. The Kier molecular flexibility index (Phi) is 4.98. The first-order chi connectivity index (χ1) is 11.7. The van der Waals surface area contributed by atoms with Crippen molar-refractivity contribution in [2.75, 3.05) is 20.2 Å². The summed E-state index contributed by atoms with van der Waals surface area (Å²) in [5.41, 5.74) is 0.777. The summed E-state index contributed by atoms with van der Waals surface area (Å²) in [5.74, 6) is 1.07. The van der Waals surface area contributed by atoms with E-state index in [-0.39, 0.29) is 12.1 Å². The molecule has 7 heteroatoms. The van der Waals surface area contributed by atoms with E-state index in [1.807, 2.05) is 29.6 Å². The number of carbonyl (C=O) groups excluding carboxylic acids is 1. The Morgan fingerprint density at radius 3 is 3.08 bits per heavy atom. The number of hydrogen-bond acceptors (Lipinski definition) is 4. The Bertz CT molecular complexity index is 673. The third-order valence-electron chi connectivity index (χ3n) is 4.52. The lowest BCUT2D eigenvalue weighted by Crippen LogP contribution is -2.47. The van der Waals surface area contributed by atoms with Crippen LogP contribution in [0.15, 0.2) is 36.9 Å². The van der Waals surface area contributed by atoms with Gasteiger partial charge in [0, 0.05) is 31.5 Å². The number of carbonyl (C=O) groups is 1. The smallest absolute Gasteiger partial charge is 0.317 e. The second kappa shape index (κ2) is 7.33.